The Morgan fingerprint density at radius 2 is 2.04 bits per heavy atom. The summed E-state index contributed by atoms with van der Waals surface area (Å²) >= 11 is 1.51. The van der Waals surface area contributed by atoms with E-state index < -0.39 is 21.7 Å². The number of amides is 1. The normalized spacial score (nSPS) is 11.5. The Labute approximate surface area is 138 Å². The first-order valence-electron chi connectivity index (χ1n) is 6.78. The first-order chi connectivity index (χ1) is 10.8. The fourth-order valence-electron chi connectivity index (χ4n) is 2.01. The van der Waals surface area contributed by atoms with E-state index in [9.17, 15) is 17.6 Å². The molecule has 0 unspecified atom stereocenters. The quantitative estimate of drug-likeness (QED) is 0.894. The summed E-state index contributed by atoms with van der Waals surface area (Å²) in [6.07, 6.45) is 0. The second-order valence-corrected chi connectivity index (χ2v) is 7.92. The second-order valence-electron chi connectivity index (χ2n) is 5.04. The molecule has 1 aromatic carbocycles. The van der Waals surface area contributed by atoms with E-state index in [-0.39, 0.29) is 10.5 Å². The number of hydrogen-bond acceptors (Lipinski definition) is 4. The highest BCUT2D eigenvalue weighted by atomic mass is 32.2. The summed E-state index contributed by atoms with van der Waals surface area (Å²) in [5, 5.41) is 1.92. The van der Waals surface area contributed by atoms with Crippen molar-refractivity contribution < 1.29 is 17.6 Å². The van der Waals surface area contributed by atoms with Crippen LogP contribution in [0, 0.1) is 12.7 Å². The Kier molecular flexibility index (Phi) is 5.18. The molecule has 0 aliphatic carbocycles. The van der Waals surface area contributed by atoms with Gasteiger partial charge in [0.25, 0.3) is 5.91 Å². The molecule has 8 heteroatoms. The molecule has 0 radical (unpaired) electrons. The fourth-order valence-corrected chi connectivity index (χ4v) is 3.73. The summed E-state index contributed by atoms with van der Waals surface area (Å²) in [5.74, 6) is -1.32. The molecule has 1 aromatic heterocycles. The molecule has 23 heavy (non-hydrogen) atoms. The summed E-state index contributed by atoms with van der Waals surface area (Å²) in [6.45, 7) is 2.27. The zero-order valence-corrected chi connectivity index (χ0v) is 14.6. The van der Waals surface area contributed by atoms with Crippen LogP contribution in [-0.4, -0.2) is 33.3 Å². The SMILES string of the molecule is CNS(=O)(=O)c1ccc(F)c(C(=O)N(C)Cc2sccc2C)c1. The summed E-state index contributed by atoms with van der Waals surface area (Å²) in [6, 6.07) is 5.11. The van der Waals surface area contributed by atoms with Crippen LogP contribution in [-0.2, 0) is 16.6 Å². The number of carbonyl (C=O) groups is 1. The van der Waals surface area contributed by atoms with Gasteiger partial charge < -0.3 is 4.90 Å². The van der Waals surface area contributed by atoms with Gasteiger partial charge in [-0.1, -0.05) is 0 Å². The van der Waals surface area contributed by atoms with Gasteiger partial charge in [-0.2, -0.15) is 0 Å². The highest BCUT2D eigenvalue weighted by Gasteiger charge is 2.21. The lowest BCUT2D eigenvalue weighted by Crippen LogP contribution is -2.27. The van der Waals surface area contributed by atoms with Crippen molar-refractivity contribution in [2.24, 2.45) is 0 Å². The number of aryl methyl sites for hydroxylation is 1. The van der Waals surface area contributed by atoms with Crippen molar-refractivity contribution in [2.75, 3.05) is 14.1 Å². The van der Waals surface area contributed by atoms with Gasteiger partial charge in [0.1, 0.15) is 5.82 Å². The van der Waals surface area contributed by atoms with Crippen LogP contribution in [0.5, 0.6) is 0 Å². The molecule has 0 saturated carbocycles. The third-order valence-electron chi connectivity index (χ3n) is 3.44. The van der Waals surface area contributed by atoms with Gasteiger partial charge >= 0.3 is 0 Å². The number of nitrogens with zero attached hydrogens (tertiary/aromatic N) is 1. The molecule has 2 rings (SSSR count). The molecule has 0 bridgehead atoms. The maximum absolute atomic E-state index is 14.0. The van der Waals surface area contributed by atoms with Crippen LogP contribution in [0.4, 0.5) is 4.39 Å². The Morgan fingerprint density at radius 1 is 1.35 bits per heavy atom. The largest absolute Gasteiger partial charge is 0.336 e. The second kappa shape index (κ2) is 6.77. The van der Waals surface area contributed by atoms with Crippen LogP contribution in [0.25, 0.3) is 0 Å². The molecule has 2 aromatic rings. The maximum atomic E-state index is 14.0. The number of sulfonamides is 1. The molecule has 1 N–H and O–H groups in total. The first-order valence-corrected chi connectivity index (χ1v) is 9.14. The van der Waals surface area contributed by atoms with Crippen molar-refractivity contribution >= 4 is 27.3 Å². The minimum atomic E-state index is -3.74. The molecule has 0 saturated heterocycles. The zero-order valence-electron chi connectivity index (χ0n) is 13.0. The molecule has 0 aliphatic rings. The summed E-state index contributed by atoms with van der Waals surface area (Å²) in [5.41, 5.74) is 0.791. The third kappa shape index (κ3) is 3.77. The number of thiophene rings is 1. The van der Waals surface area contributed by atoms with Gasteiger partial charge in [-0.15, -0.1) is 11.3 Å². The van der Waals surface area contributed by atoms with E-state index in [1.807, 2.05) is 18.4 Å². The van der Waals surface area contributed by atoms with Crippen LogP contribution < -0.4 is 4.72 Å². The molecule has 0 aliphatic heterocycles. The summed E-state index contributed by atoms with van der Waals surface area (Å²) < 4.78 is 39.7. The fraction of sp³-hybridized carbons (Fsp3) is 0.267. The van der Waals surface area contributed by atoms with E-state index in [1.165, 1.54) is 23.3 Å². The van der Waals surface area contributed by atoms with E-state index in [1.54, 1.807) is 7.05 Å². The van der Waals surface area contributed by atoms with Crippen molar-refractivity contribution in [2.45, 2.75) is 18.4 Å². The molecular formula is C15H17FN2O3S2. The van der Waals surface area contributed by atoms with Gasteiger partial charge in [0, 0.05) is 11.9 Å². The van der Waals surface area contributed by atoms with Crippen LogP contribution in [0.15, 0.2) is 34.5 Å². The van der Waals surface area contributed by atoms with Gasteiger partial charge in [-0.05, 0) is 49.2 Å². The van der Waals surface area contributed by atoms with Crippen molar-refractivity contribution in [1.29, 1.82) is 0 Å². The molecule has 0 fully saturated rings. The van der Waals surface area contributed by atoms with Crippen molar-refractivity contribution in [3.8, 4) is 0 Å². The standard InChI is InChI=1S/C15H17FN2O3S2/c1-10-6-7-22-14(10)9-18(3)15(19)12-8-11(4-5-13(12)16)23(20,21)17-2/h4-8,17H,9H2,1-3H3. The third-order valence-corrected chi connectivity index (χ3v) is 5.86. The lowest BCUT2D eigenvalue weighted by atomic mass is 10.2. The number of rotatable bonds is 5. The molecule has 5 nitrogen and oxygen atoms in total. The monoisotopic (exact) mass is 356 g/mol. The molecule has 0 atom stereocenters. The van der Waals surface area contributed by atoms with Crippen molar-refractivity contribution in [3.63, 3.8) is 0 Å². The average molecular weight is 356 g/mol. The minimum Gasteiger partial charge on any atom is -0.336 e. The zero-order chi connectivity index (χ0) is 17.2. The Hall–Kier alpha value is -1.77. The average Bonchev–Trinajstić information content (AvgIpc) is 2.92. The van der Waals surface area contributed by atoms with E-state index >= 15 is 0 Å². The van der Waals surface area contributed by atoms with Crippen LogP contribution >= 0.6 is 11.3 Å². The Morgan fingerprint density at radius 3 is 2.61 bits per heavy atom. The molecule has 0 spiro atoms. The van der Waals surface area contributed by atoms with E-state index in [0.717, 1.165) is 28.6 Å². The lowest BCUT2D eigenvalue weighted by molar-refractivity contribution is 0.0781. The number of nitrogens with one attached hydrogen (secondary N) is 1. The van der Waals surface area contributed by atoms with E-state index in [2.05, 4.69) is 4.72 Å². The highest BCUT2D eigenvalue weighted by molar-refractivity contribution is 7.89. The van der Waals surface area contributed by atoms with Gasteiger partial charge in [0.15, 0.2) is 0 Å². The molecule has 1 heterocycles. The van der Waals surface area contributed by atoms with Crippen molar-refractivity contribution in [1.82, 2.24) is 9.62 Å². The smallest absolute Gasteiger partial charge is 0.256 e. The van der Waals surface area contributed by atoms with Crippen molar-refractivity contribution in [3.05, 3.63) is 51.5 Å². The van der Waals surface area contributed by atoms with E-state index in [0.29, 0.717) is 6.54 Å². The summed E-state index contributed by atoms with van der Waals surface area (Å²) in [4.78, 5) is 14.7. The van der Waals surface area contributed by atoms with Crippen LogP contribution in [0.3, 0.4) is 0 Å². The number of halogens is 1. The predicted molar refractivity (Wildman–Crippen MR) is 87.5 cm³/mol. The van der Waals surface area contributed by atoms with Gasteiger partial charge in [0.05, 0.1) is 17.0 Å². The number of benzene rings is 1. The molecule has 124 valence electrons. The first kappa shape index (κ1) is 17.6. The highest BCUT2D eigenvalue weighted by Crippen LogP contribution is 2.20. The van der Waals surface area contributed by atoms with Crippen LogP contribution in [0.1, 0.15) is 20.8 Å². The predicted octanol–water partition coefficient (Wildman–Crippen LogP) is 2.38. The Bertz CT molecular complexity index is 831. The Balaban J connectivity index is 2.31. The van der Waals surface area contributed by atoms with Gasteiger partial charge in [0.2, 0.25) is 10.0 Å². The lowest BCUT2D eigenvalue weighted by Gasteiger charge is -2.18. The number of hydrogen-bond donors (Lipinski definition) is 1. The van der Waals surface area contributed by atoms with Crippen LogP contribution in [0.2, 0.25) is 0 Å². The minimum absolute atomic E-state index is 0.148. The maximum Gasteiger partial charge on any atom is 0.256 e. The number of carbonyl (C=O) groups excluding carboxylic acids is 1. The van der Waals surface area contributed by atoms with Gasteiger partial charge in [-0.3, -0.25) is 4.79 Å². The molecule has 1 amide bonds. The van der Waals surface area contributed by atoms with E-state index in [4.69, 9.17) is 0 Å². The topological polar surface area (TPSA) is 66.5 Å². The molecular weight excluding hydrogens is 339 g/mol. The summed E-state index contributed by atoms with van der Waals surface area (Å²) in [7, 11) is -0.927. The van der Waals surface area contributed by atoms with Gasteiger partial charge in [-0.25, -0.2) is 17.5 Å².